The Morgan fingerprint density at radius 3 is 3.11 bits per heavy atom. The summed E-state index contributed by atoms with van der Waals surface area (Å²) < 4.78 is 0. The van der Waals surface area contributed by atoms with Crippen molar-refractivity contribution in [3.05, 3.63) is 29.3 Å². The standard InChI is InChI=1S/C14H18N2OS/c15-13-3-1-2-10-4-6-16(8-12(10)13)14(17)11-5-7-18-9-11/h1-3,11H,4-9,15H2. The molecule has 1 atom stereocenters. The van der Waals surface area contributed by atoms with Crippen LogP contribution in [0.3, 0.4) is 0 Å². The molecule has 0 radical (unpaired) electrons. The highest BCUT2D eigenvalue weighted by atomic mass is 32.2. The SMILES string of the molecule is Nc1cccc2c1CN(C(=O)C1CCSC1)CC2. The van der Waals surface area contributed by atoms with Crippen molar-refractivity contribution in [3.8, 4) is 0 Å². The molecule has 2 aliphatic rings. The van der Waals surface area contributed by atoms with Gasteiger partial charge in [-0.05, 0) is 35.8 Å². The summed E-state index contributed by atoms with van der Waals surface area (Å²) in [6, 6.07) is 6.05. The van der Waals surface area contributed by atoms with Crippen LogP contribution >= 0.6 is 11.8 Å². The van der Waals surface area contributed by atoms with Crippen LogP contribution in [0.25, 0.3) is 0 Å². The van der Waals surface area contributed by atoms with Gasteiger partial charge < -0.3 is 10.6 Å². The zero-order chi connectivity index (χ0) is 12.5. The Hall–Kier alpha value is -1.16. The van der Waals surface area contributed by atoms with Gasteiger partial charge in [-0.1, -0.05) is 12.1 Å². The van der Waals surface area contributed by atoms with Crippen LogP contribution in [0, 0.1) is 5.92 Å². The van der Waals surface area contributed by atoms with Crippen LogP contribution in [-0.2, 0) is 17.8 Å². The first-order valence-corrected chi connectivity index (χ1v) is 7.64. The van der Waals surface area contributed by atoms with Gasteiger partial charge in [-0.3, -0.25) is 4.79 Å². The number of hydrogen-bond donors (Lipinski definition) is 1. The van der Waals surface area contributed by atoms with Crippen molar-refractivity contribution in [2.45, 2.75) is 19.4 Å². The molecular formula is C14H18N2OS. The number of carbonyl (C=O) groups is 1. The van der Waals surface area contributed by atoms with Gasteiger partial charge in [0.25, 0.3) is 0 Å². The highest BCUT2D eigenvalue weighted by Crippen LogP contribution is 2.29. The fraction of sp³-hybridized carbons (Fsp3) is 0.500. The molecule has 4 heteroatoms. The smallest absolute Gasteiger partial charge is 0.226 e. The summed E-state index contributed by atoms with van der Waals surface area (Å²) in [7, 11) is 0. The van der Waals surface area contributed by atoms with Crippen molar-refractivity contribution >= 4 is 23.4 Å². The third-order valence-corrected chi connectivity index (χ3v) is 5.06. The van der Waals surface area contributed by atoms with E-state index in [0.29, 0.717) is 12.5 Å². The van der Waals surface area contributed by atoms with Crippen molar-refractivity contribution in [1.29, 1.82) is 0 Å². The molecule has 3 rings (SSSR count). The van der Waals surface area contributed by atoms with Crippen LogP contribution in [0.2, 0.25) is 0 Å². The van der Waals surface area contributed by atoms with Crippen LogP contribution in [0.5, 0.6) is 0 Å². The minimum Gasteiger partial charge on any atom is -0.398 e. The molecule has 18 heavy (non-hydrogen) atoms. The van der Waals surface area contributed by atoms with E-state index in [1.807, 2.05) is 28.8 Å². The summed E-state index contributed by atoms with van der Waals surface area (Å²) in [4.78, 5) is 14.4. The molecule has 1 unspecified atom stereocenters. The fourth-order valence-electron chi connectivity index (χ4n) is 2.78. The van der Waals surface area contributed by atoms with E-state index in [1.165, 1.54) is 5.56 Å². The Kier molecular flexibility index (Phi) is 3.20. The van der Waals surface area contributed by atoms with E-state index in [4.69, 9.17) is 5.73 Å². The van der Waals surface area contributed by atoms with Crippen LogP contribution in [-0.4, -0.2) is 28.9 Å². The first kappa shape index (κ1) is 11.9. The summed E-state index contributed by atoms with van der Waals surface area (Å²) in [5.41, 5.74) is 9.30. The molecule has 0 saturated carbocycles. The minimum absolute atomic E-state index is 0.237. The van der Waals surface area contributed by atoms with Crippen molar-refractivity contribution in [2.75, 3.05) is 23.8 Å². The average Bonchev–Trinajstić information content (AvgIpc) is 2.92. The maximum atomic E-state index is 12.4. The van der Waals surface area contributed by atoms with Crippen molar-refractivity contribution in [2.24, 2.45) is 5.92 Å². The fourth-order valence-corrected chi connectivity index (χ4v) is 3.99. The van der Waals surface area contributed by atoms with Crippen molar-refractivity contribution < 1.29 is 4.79 Å². The third kappa shape index (κ3) is 2.09. The molecule has 1 amide bonds. The van der Waals surface area contributed by atoms with Crippen LogP contribution in [0.4, 0.5) is 5.69 Å². The molecule has 1 saturated heterocycles. The van der Waals surface area contributed by atoms with E-state index in [1.54, 1.807) is 0 Å². The van der Waals surface area contributed by atoms with Crippen molar-refractivity contribution in [3.63, 3.8) is 0 Å². The third-order valence-electron chi connectivity index (χ3n) is 3.90. The van der Waals surface area contributed by atoms with E-state index < -0.39 is 0 Å². The largest absolute Gasteiger partial charge is 0.398 e. The molecule has 2 N–H and O–H groups in total. The van der Waals surface area contributed by atoms with Gasteiger partial charge >= 0.3 is 0 Å². The van der Waals surface area contributed by atoms with Crippen LogP contribution in [0.15, 0.2) is 18.2 Å². The highest BCUT2D eigenvalue weighted by Gasteiger charge is 2.30. The predicted octanol–water partition coefficient (Wildman–Crippen LogP) is 1.91. The second-order valence-electron chi connectivity index (χ2n) is 5.06. The second-order valence-corrected chi connectivity index (χ2v) is 6.21. The predicted molar refractivity (Wildman–Crippen MR) is 75.4 cm³/mol. The van der Waals surface area contributed by atoms with E-state index in [2.05, 4.69) is 6.07 Å². The molecule has 2 aliphatic heterocycles. The van der Waals surface area contributed by atoms with Crippen LogP contribution < -0.4 is 5.73 Å². The number of thioether (sulfide) groups is 1. The number of anilines is 1. The number of hydrogen-bond acceptors (Lipinski definition) is 3. The number of benzene rings is 1. The quantitative estimate of drug-likeness (QED) is 0.786. The summed E-state index contributed by atoms with van der Waals surface area (Å²) in [6.45, 7) is 1.54. The zero-order valence-corrected chi connectivity index (χ0v) is 11.2. The number of carbonyl (C=O) groups excluding carboxylic acids is 1. The van der Waals surface area contributed by atoms with Gasteiger partial charge in [-0.2, -0.15) is 11.8 Å². The maximum absolute atomic E-state index is 12.4. The van der Waals surface area contributed by atoms with Gasteiger partial charge in [0.15, 0.2) is 0 Å². The lowest BCUT2D eigenvalue weighted by atomic mass is 9.96. The van der Waals surface area contributed by atoms with Gasteiger partial charge in [0.05, 0.1) is 0 Å². The molecule has 96 valence electrons. The van der Waals surface area contributed by atoms with Gasteiger partial charge in [0.2, 0.25) is 5.91 Å². The molecule has 0 aromatic heterocycles. The summed E-state index contributed by atoms with van der Waals surface area (Å²) in [6.07, 6.45) is 1.98. The Labute approximate surface area is 112 Å². The summed E-state index contributed by atoms with van der Waals surface area (Å²) in [5.74, 6) is 2.69. The van der Waals surface area contributed by atoms with E-state index >= 15 is 0 Å². The summed E-state index contributed by atoms with van der Waals surface area (Å²) in [5, 5.41) is 0. The Morgan fingerprint density at radius 2 is 2.33 bits per heavy atom. The Balaban J connectivity index is 1.78. The zero-order valence-electron chi connectivity index (χ0n) is 10.4. The minimum atomic E-state index is 0.237. The number of amides is 1. The first-order chi connectivity index (χ1) is 8.75. The van der Waals surface area contributed by atoms with Crippen molar-refractivity contribution in [1.82, 2.24) is 4.90 Å². The molecule has 2 heterocycles. The molecule has 1 aromatic carbocycles. The number of nitrogens with two attached hydrogens (primary N) is 1. The Bertz CT molecular complexity index is 469. The summed E-state index contributed by atoms with van der Waals surface area (Å²) >= 11 is 1.89. The molecule has 0 bridgehead atoms. The number of nitrogens with zero attached hydrogens (tertiary/aromatic N) is 1. The molecule has 0 spiro atoms. The van der Waals surface area contributed by atoms with E-state index in [0.717, 1.165) is 42.1 Å². The monoisotopic (exact) mass is 262 g/mol. The lowest BCUT2D eigenvalue weighted by Gasteiger charge is -2.31. The molecule has 0 aliphatic carbocycles. The van der Waals surface area contributed by atoms with E-state index in [9.17, 15) is 4.79 Å². The van der Waals surface area contributed by atoms with E-state index in [-0.39, 0.29) is 5.92 Å². The lowest BCUT2D eigenvalue weighted by molar-refractivity contribution is -0.135. The second kappa shape index (κ2) is 4.84. The van der Waals surface area contributed by atoms with Gasteiger partial charge in [0.1, 0.15) is 0 Å². The van der Waals surface area contributed by atoms with Gasteiger partial charge in [0, 0.05) is 30.4 Å². The topological polar surface area (TPSA) is 46.3 Å². The molecular weight excluding hydrogens is 244 g/mol. The molecule has 1 fully saturated rings. The number of rotatable bonds is 1. The maximum Gasteiger partial charge on any atom is 0.226 e. The normalized spacial score (nSPS) is 22.9. The lowest BCUT2D eigenvalue weighted by Crippen LogP contribution is -2.40. The number of nitrogen functional groups attached to an aromatic ring is 1. The Morgan fingerprint density at radius 1 is 1.44 bits per heavy atom. The average molecular weight is 262 g/mol. The first-order valence-electron chi connectivity index (χ1n) is 6.48. The number of fused-ring (bicyclic) bond motifs is 1. The molecule has 3 nitrogen and oxygen atoms in total. The van der Waals surface area contributed by atoms with Gasteiger partial charge in [-0.25, -0.2) is 0 Å². The van der Waals surface area contributed by atoms with Gasteiger partial charge in [-0.15, -0.1) is 0 Å². The highest BCUT2D eigenvalue weighted by molar-refractivity contribution is 7.99. The van der Waals surface area contributed by atoms with Crippen LogP contribution in [0.1, 0.15) is 17.5 Å². The molecule has 1 aromatic rings.